The van der Waals surface area contributed by atoms with E-state index in [9.17, 15) is 4.79 Å². The first kappa shape index (κ1) is 17.0. The molecule has 23 heavy (non-hydrogen) atoms. The van der Waals surface area contributed by atoms with Crippen LogP contribution >= 0.6 is 11.6 Å². The molecule has 0 unspecified atom stereocenters. The maximum Gasteiger partial charge on any atom is 0.342 e. The van der Waals surface area contributed by atoms with E-state index in [4.69, 9.17) is 30.5 Å². The second-order valence-corrected chi connectivity index (χ2v) is 5.05. The van der Waals surface area contributed by atoms with Gasteiger partial charge >= 0.3 is 5.97 Å². The lowest BCUT2D eigenvalue weighted by atomic mass is 10.1. The van der Waals surface area contributed by atoms with Gasteiger partial charge in [-0.1, -0.05) is 23.7 Å². The van der Waals surface area contributed by atoms with E-state index in [0.29, 0.717) is 22.3 Å². The Labute approximate surface area is 139 Å². The molecule has 0 aliphatic rings. The summed E-state index contributed by atoms with van der Waals surface area (Å²) in [5.41, 5.74) is 1.10. The number of carbonyl (C=O) groups is 1. The van der Waals surface area contributed by atoms with Crippen LogP contribution in [0.15, 0.2) is 36.4 Å². The molecule has 0 saturated heterocycles. The standard InChI is InChI=1S/C17H17ClO5/c1-20-14-9-16(22-3)15(21-2)8-13(14)17(19)23-10-11-4-6-12(18)7-5-11/h4-9H,10H2,1-3H3. The third kappa shape index (κ3) is 4.07. The molecular formula is C17H17ClO5. The topological polar surface area (TPSA) is 54.0 Å². The molecule has 0 aliphatic heterocycles. The van der Waals surface area contributed by atoms with Crippen LogP contribution in [0.3, 0.4) is 0 Å². The Bertz CT molecular complexity index is 682. The molecule has 0 heterocycles. The predicted octanol–water partition coefficient (Wildman–Crippen LogP) is 3.72. The van der Waals surface area contributed by atoms with E-state index in [2.05, 4.69) is 0 Å². The van der Waals surface area contributed by atoms with Gasteiger partial charge in [0.25, 0.3) is 0 Å². The largest absolute Gasteiger partial charge is 0.496 e. The number of benzene rings is 2. The molecule has 0 saturated carbocycles. The van der Waals surface area contributed by atoms with Crippen LogP contribution < -0.4 is 14.2 Å². The minimum Gasteiger partial charge on any atom is -0.496 e. The van der Waals surface area contributed by atoms with Gasteiger partial charge in [0.2, 0.25) is 0 Å². The zero-order valence-electron chi connectivity index (χ0n) is 13.1. The van der Waals surface area contributed by atoms with Crippen molar-refractivity contribution in [2.75, 3.05) is 21.3 Å². The van der Waals surface area contributed by atoms with Crippen molar-refractivity contribution in [3.8, 4) is 17.2 Å². The highest BCUT2D eigenvalue weighted by Crippen LogP contribution is 2.35. The van der Waals surface area contributed by atoms with Crippen molar-refractivity contribution in [2.24, 2.45) is 0 Å². The number of halogens is 1. The minimum atomic E-state index is -0.516. The van der Waals surface area contributed by atoms with Crippen LogP contribution in [0, 0.1) is 0 Å². The number of carbonyl (C=O) groups excluding carboxylic acids is 1. The average Bonchev–Trinajstić information content (AvgIpc) is 2.59. The fraction of sp³-hybridized carbons (Fsp3) is 0.235. The number of ether oxygens (including phenoxy) is 4. The fourth-order valence-corrected chi connectivity index (χ4v) is 2.12. The second-order valence-electron chi connectivity index (χ2n) is 4.61. The molecule has 0 radical (unpaired) electrons. The molecule has 0 bridgehead atoms. The monoisotopic (exact) mass is 336 g/mol. The highest BCUT2D eigenvalue weighted by molar-refractivity contribution is 6.30. The maximum absolute atomic E-state index is 12.3. The number of hydrogen-bond donors (Lipinski definition) is 0. The zero-order chi connectivity index (χ0) is 16.8. The lowest BCUT2D eigenvalue weighted by molar-refractivity contribution is 0.0468. The molecule has 6 heteroatoms. The Kier molecular flexibility index (Phi) is 5.71. The predicted molar refractivity (Wildman–Crippen MR) is 86.7 cm³/mol. The van der Waals surface area contributed by atoms with Gasteiger partial charge in [-0.3, -0.25) is 0 Å². The maximum atomic E-state index is 12.3. The lowest BCUT2D eigenvalue weighted by Crippen LogP contribution is -2.08. The van der Waals surface area contributed by atoms with Gasteiger partial charge in [0, 0.05) is 17.2 Å². The van der Waals surface area contributed by atoms with E-state index >= 15 is 0 Å². The van der Waals surface area contributed by atoms with E-state index < -0.39 is 5.97 Å². The summed E-state index contributed by atoms with van der Waals surface area (Å²) in [4.78, 5) is 12.3. The van der Waals surface area contributed by atoms with Crippen molar-refractivity contribution < 1.29 is 23.7 Å². The molecule has 0 spiro atoms. The molecule has 122 valence electrons. The quantitative estimate of drug-likeness (QED) is 0.752. The third-order valence-electron chi connectivity index (χ3n) is 3.21. The lowest BCUT2D eigenvalue weighted by Gasteiger charge is -2.13. The van der Waals surface area contributed by atoms with Crippen molar-refractivity contribution in [1.82, 2.24) is 0 Å². The number of rotatable bonds is 6. The molecule has 2 aromatic carbocycles. The summed E-state index contributed by atoms with van der Waals surface area (Å²) >= 11 is 5.82. The molecule has 0 amide bonds. The summed E-state index contributed by atoms with van der Waals surface area (Å²) in [6, 6.07) is 10.2. The number of methoxy groups -OCH3 is 3. The van der Waals surface area contributed by atoms with E-state index in [0.717, 1.165) is 5.56 Å². The van der Waals surface area contributed by atoms with Crippen molar-refractivity contribution in [3.63, 3.8) is 0 Å². The SMILES string of the molecule is COc1cc(OC)c(C(=O)OCc2ccc(Cl)cc2)cc1OC. The van der Waals surface area contributed by atoms with Crippen LogP contribution in [0.4, 0.5) is 0 Å². The third-order valence-corrected chi connectivity index (χ3v) is 3.46. The molecule has 0 fully saturated rings. The number of hydrogen-bond acceptors (Lipinski definition) is 5. The van der Waals surface area contributed by atoms with Gasteiger partial charge in [0.1, 0.15) is 17.9 Å². The summed E-state index contributed by atoms with van der Waals surface area (Å²) < 4.78 is 20.9. The van der Waals surface area contributed by atoms with Crippen LogP contribution in [0.25, 0.3) is 0 Å². The first-order chi connectivity index (χ1) is 11.1. The summed E-state index contributed by atoms with van der Waals surface area (Å²) in [5, 5.41) is 0.627. The van der Waals surface area contributed by atoms with E-state index in [-0.39, 0.29) is 12.2 Å². The van der Waals surface area contributed by atoms with Crippen molar-refractivity contribution in [3.05, 3.63) is 52.5 Å². The van der Waals surface area contributed by atoms with Gasteiger partial charge in [-0.25, -0.2) is 4.79 Å². The Balaban J connectivity index is 2.19. The average molecular weight is 337 g/mol. The molecule has 0 N–H and O–H groups in total. The van der Waals surface area contributed by atoms with Crippen molar-refractivity contribution in [1.29, 1.82) is 0 Å². The Morgan fingerprint density at radius 1 is 0.913 bits per heavy atom. The highest BCUT2D eigenvalue weighted by Gasteiger charge is 2.19. The molecule has 0 aliphatic carbocycles. The Hall–Kier alpha value is -2.40. The Morgan fingerprint density at radius 3 is 2.04 bits per heavy atom. The Morgan fingerprint density at radius 2 is 1.48 bits per heavy atom. The zero-order valence-corrected chi connectivity index (χ0v) is 13.8. The molecular weight excluding hydrogens is 320 g/mol. The summed E-state index contributed by atoms with van der Waals surface area (Å²) in [6.45, 7) is 0.132. The van der Waals surface area contributed by atoms with Crippen LogP contribution in [0.2, 0.25) is 5.02 Å². The second kappa shape index (κ2) is 7.74. The van der Waals surface area contributed by atoms with E-state index in [1.54, 1.807) is 30.3 Å². The summed E-state index contributed by atoms with van der Waals surface area (Å²) in [5.74, 6) is 0.729. The van der Waals surface area contributed by atoms with Crippen molar-refractivity contribution in [2.45, 2.75) is 6.61 Å². The van der Waals surface area contributed by atoms with Crippen LogP contribution in [-0.4, -0.2) is 27.3 Å². The van der Waals surface area contributed by atoms with E-state index in [1.807, 2.05) is 0 Å². The van der Waals surface area contributed by atoms with Gasteiger partial charge in [0.05, 0.1) is 21.3 Å². The van der Waals surface area contributed by atoms with Crippen LogP contribution in [-0.2, 0) is 11.3 Å². The smallest absolute Gasteiger partial charge is 0.342 e. The summed E-state index contributed by atoms with van der Waals surface area (Å²) in [6.07, 6.45) is 0. The molecule has 0 aromatic heterocycles. The molecule has 2 rings (SSSR count). The molecule has 2 aromatic rings. The van der Waals surface area contributed by atoms with Gasteiger partial charge in [-0.05, 0) is 17.7 Å². The van der Waals surface area contributed by atoms with E-state index in [1.165, 1.54) is 27.4 Å². The van der Waals surface area contributed by atoms with Gasteiger partial charge in [-0.15, -0.1) is 0 Å². The van der Waals surface area contributed by atoms with Crippen molar-refractivity contribution >= 4 is 17.6 Å². The minimum absolute atomic E-state index is 0.132. The van der Waals surface area contributed by atoms with Crippen LogP contribution in [0.5, 0.6) is 17.2 Å². The molecule has 5 nitrogen and oxygen atoms in total. The summed E-state index contributed by atoms with van der Waals surface area (Å²) in [7, 11) is 4.47. The van der Waals surface area contributed by atoms with Gasteiger partial charge in [0.15, 0.2) is 11.5 Å². The first-order valence-corrected chi connectivity index (χ1v) is 7.18. The fourth-order valence-electron chi connectivity index (χ4n) is 2.00. The van der Waals surface area contributed by atoms with Crippen LogP contribution in [0.1, 0.15) is 15.9 Å². The number of esters is 1. The van der Waals surface area contributed by atoms with Gasteiger partial charge < -0.3 is 18.9 Å². The normalized spacial score (nSPS) is 10.1. The first-order valence-electron chi connectivity index (χ1n) is 6.80. The highest BCUT2D eigenvalue weighted by atomic mass is 35.5. The molecule has 0 atom stereocenters. The van der Waals surface area contributed by atoms with Gasteiger partial charge in [-0.2, -0.15) is 0 Å².